The van der Waals surface area contributed by atoms with Crippen LogP contribution in [0.2, 0.25) is 0 Å². The van der Waals surface area contributed by atoms with E-state index in [0.717, 1.165) is 36.2 Å². The number of amides is 1. The molecule has 1 fully saturated rings. The van der Waals surface area contributed by atoms with Crippen LogP contribution in [-0.2, 0) is 4.79 Å². The van der Waals surface area contributed by atoms with Crippen LogP contribution in [0.25, 0.3) is 0 Å². The van der Waals surface area contributed by atoms with Gasteiger partial charge in [-0.15, -0.1) is 0 Å². The number of nitrogens with zero attached hydrogens (tertiary/aromatic N) is 3. The number of likely N-dealkylation sites (tertiary alicyclic amines) is 1. The van der Waals surface area contributed by atoms with Crippen LogP contribution in [0, 0.1) is 5.82 Å². The molecule has 0 aromatic heterocycles. The predicted octanol–water partition coefficient (Wildman–Crippen LogP) is 4.40. The topological polar surface area (TPSA) is 54.4 Å². The minimum Gasteiger partial charge on any atom is -0.497 e. The number of carbonyl (C=O) groups is 1. The summed E-state index contributed by atoms with van der Waals surface area (Å²) in [5, 5.41) is 6.30. The van der Waals surface area contributed by atoms with Crippen molar-refractivity contribution in [3.63, 3.8) is 0 Å². The Morgan fingerprint density at radius 2 is 1.91 bits per heavy atom. The van der Waals surface area contributed by atoms with Crippen LogP contribution >= 0.6 is 0 Å². The SMILES string of the molecule is COc1ccc(OC)c(C2CC(c3ccc(F)cc3)=NN2C(=O)CN2CCCCC2C)c1. The highest BCUT2D eigenvalue weighted by atomic mass is 19.1. The van der Waals surface area contributed by atoms with Gasteiger partial charge in [0.2, 0.25) is 0 Å². The van der Waals surface area contributed by atoms with Crippen LogP contribution in [0.15, 0.2) is 47.6 Å². The molecule has 2 aliphatic rings. The number of ether oxygens (including phenoxy) is 2. The van der Waals surface area contributed by atoms with E-state index in [4.69, 9.17) is 14.6 Å². The molecule has 2 aromatic carbocycles. The van der Waals surface area contributed by atoms with Gasteiger partial charge in [0.25, 0.3) is 5.91 Å². The second-order valence-electron chi connectivity index (χ2n) is 8.43. The molecule has 0 spiro atoms. The molecule has 0 saturated carbocycles. The molecule has 1 amide bonds. The Morgan fingerprint density at radius 1 is 1.12 bits per heavy atom. The Labute approximate surface area is 188 Å². The summed E-state index contributed by atoms with van der Waals surface area (Å²) in [5.41, 5.74) is 2.40. The van der Waals surface area contributed by atoms with Crippen LogP contribution in [0.3, 0.4) is 0 Å². The normalized spacial score (nSPS) is 21.4. The van der Waals surface area contributed by atoms with Crippen molar-refractivity contribution in [2.75, 3.05) is 27.3 Å². The van der Waals surface area contributed by atoms with E-state index in [2.05, 4.69) is 11.8 Å². The smallest absolute Gasteiger partial charge is 0.257 e. The average Bonchev–Trinajstić information content (AvgIpc) is 3.26. The first-order valence-corrected chi connectivity index (χ1v) is 11.1. The molecule has 2 atom stereocenters. The summed E-state index contributed by atoms with van der Waals surface area (Å²) in [6, 6.07) is 11.9. The number of benzene rings is 2. The van der Waals surface area contributed by atoms with Crippen molar-refractivity contribution in [2.24, 2.45) is 5.10 Å². The minimum absolute atomic E-state index is 0.0502. The lowest BCUT2D eigenvalue weighted by molar-refractivity contribution is -0.135. The van der Waals surface area contributed by atoms with Gasteiger partial charge in [-0.2, -0.15) is 5.10 Å². The summed E-state index contributed by atoms with van der Waals surface area (Å²) >= 11 is 0. The van der Waals surface area contributed by atoms with Gasteiger partial charge >= 0.3 is 0 Å². The molecule has 2 unspecified atom stereocenters. The molecule has 0 aliphatic carbocycles. The molecule has 4 rings (SSSR count). The van der Waals surface area contributed by atoms with E-state index >= 15 is 0 Å². The zero-order valence-corrected chi connectivity index (χ0v) is 18.9. The maximum absolute atomic E-state index is 13.5. The van der Waals surface area contributed by atoms with E-state index in [1.165, 1.54) is 18.6 Å². The molecular weight excluding hydrogens is 409 g/mol. The van der Waals surface area contributed by atoms with Gasteiger partial charge in [-0.05, 0) is 62.2 Å². The van der Waals surface area contributed by atoms with E-state index in [1.807, 2.05) is 18.2 Å². The van der Waals surface area contributed by atoms with Crippen molar-refractivity contribution in [3.8, 4) is 11.5 Å². The zero-order valence-electron chi connectivity index (χ0n) is 18.9. The molecule has 2 aliphatic heterocycles. The second-order valence-corrected chi connectivity index (χ2v) is 8.43. The van der Waals surface area contributed by atoms with Gasteiger partial charge in [-0.3, -0.25) is 9.69 Å². The van der Waals surface area contributed by atoms with E-state index in [0.29, 0.717) is 30.5 Å². The number of hydrogen-bond donors (Lipinski definition) is 0. The number of methoxy groups -OCH3 is 2. The third kappa shape index (κ3) is 4.63. The monoisotopic (exact) mass is 439 g/mol. The fraction of sp³-hybridized carbons (Fsp3) is 0.440. The summed E-state index contributed by atoms with van der Waals surface area (Å²) in [7, 11) is 3.23. The van der Waals surface area contributed by atoms with Gasteiger partial charge in [-0.1, -0.05) is 18.6 Å². The predicted molar refractivity (Wildman–Crippen MR) is 122 cm³/mol. The van der Waals surface area contributed by atoms with Crippen LogP contribution < -0.4 is 9.47 Å². The first-order chi connectivity index (χ1) is 15.5. The third-order valence-electron chi connectivity index (χ3n) is 6.42. The van der Waals surface area contributed by atoms with Gasteiger partial charge in [0.1, 0.15) is 17.3 Å². The van der Waals surface area contributed by atoms with E-state index in [9.17, 15) is 9.18 Å². The number of hydrogen-bond acceptors (Lipinski definition) is 5. The van der Waals surface area contributed by atoms with Gasteiger partial charge < -0.3 is 9.47 Å². The van der Waals surface area contributed by atoms with Crippen LogP contribution in [0.1, 0.15) is 49.8 Å². The first-order valence-electron chi connectivity index (χ1n) is 11.1. The quantitative estimate of drug-likeness (QED) is 0.670. The first kappa shape index (κ1) is 22.3. The van der Waals surface area contributed by atoms with Gasteiger partial charge in [0, 0.05) is 18.0 Å². The molecule has 32 heavy (non-hydrogen) atoms. The van der Waals surface area contributed by atoms with Crippen LogP contribution in [0.5, 0.6) is 11.5 Å². The van der Waals surface area contributed by atoms with E-state index < -0.39 is 0 Å². The van der Waals surface area contributed by atoms with Gasteiger partial charge in [-0.25, -0.2) is 9.40 Å². The van der Waals surface area contributed by atoms with Gasteiger partial charge in [0.15, 0.2) is 0 Å². The maximum Gasteiger partial charge on any atom is 0.257 e. The molecule has 0 radical (unpaired) electrons. The summed E-state index contributed by atoms with van der Waals surface area (Å²) in [6.45, 7) is 3.42. The molecule has 0 bridgehead atoms. The zero-order chi connectivity index (χ0) is 22.7. The highest BCUT2D eigenvalue weighted by molar-refractivity contribution is 6.03. The highest BCUT2D eigenvalue weighted by Gasteiger charge is 2.36. The second kappa shape index (κ2) is 9.69. The molecule has 0 N–H and O–H groups in total. The lowest BCUT2D eigenvalue weighted by Gasteiger charge is -2.34. The Hall–Kier alpha value is -2.93. The fourth-order valence-corrected chi connectivity index (χ4v) is 4.54. The highest BCUT2D eigenvalue weighted by Crippen LogP contribution is 2.39. The summed E-state index contributed by atoms with van der Waals surface area (Å²) in [4.78, 5) is 15.7. The Kier molecular flexibility index (Phi) is 6.74. The Bertz CT molecular complexity index is 992. The lowest BCUT2D eigenvalue weighted by Crippen LogP contribution is -2.44. The standard InChI is InChI=1S/C25H30FN3O3/c1-17-6-4-5-13-28(17)16-25(30)29-23(21-14-20(31-2)11-12-24(21)32-3)15-22(27-29)18-7-9-19(26)10-8-18/h7-12,14,17,23H,4-6,13,15-16H2,1-3H3. The Morgan fingerprint density at radius 3 is 2.59 bits per heavy atom. The molecule has 1 saturated heterocycles. The molecule has 2 heterocycles. The van der Waals surface area contributed by atoms with Crippen LogP contribution in [0.4, 0.5) is 4.39 Å². The van der Waals surface area contributed by atoms with Crippen molar-refractivity contribution in [3.05, 3.63) is 59.4 Å². The number of piperidine rings is 1. The number of halogens is 1. The van der Waals surface area contributed by atoms with Crippen molar-refractivity contribution < 1.29 is 18.7 Å². The summed E-state index contributed by atoms with van der Waals surface area (Å²) in [5.74, 6) is 1.01. The lowest BCUT2D eigenvalue weighted by atomic mass is 9.97. The molecule has 170 valence electrons. The average molecular weight is 440 g/mol. The molecule has 6 nitrogen and oxygen atoms in total. The van der Waals surface area contributed by atoms with Crippen molar-refractivity contribution >= 4 is 11.6 Å². The Balaban J connectivity index is 1.68. The minimum atomic E-state index is -0.326. The van der Waals surface area contributed by atoms with Crippen molar-refractivity contribution in [1.29, 1.82) is 0 Å². The van der Waals surface area contributed by atoms with Crippen molar-refractivity contribution in [2.45, 2.75) is 44.7 Å². The van der Waals surface area contributed by atoms with Gasteiger partial charge in [0.05, 0.1) is 32.5 Å². The summed E-state index contributed by atoms with van der Waals surface area (Å²) in [6.07, 6.45) is 3.92. The van der Waals surface area contributed by atoms with E-state index in [1.54, 1.807) is 31.4 Å². The number of rotatable bonds is 6. The maximum atomic E-state index is 13.5. The largest absolute Gasteiger partial charge is 0.497 e. The van der Waals surface area contributed by atoms with Crippen LogP contribution in [-0.4, -0.2) is 54.9 Å². The number of hydrazone groups is 1. The fourth-order valence-electron chi connectivity index (χ4n) is 4.54. The molecular formula is C25H30FN3O3. The van der Waals surface area contributed by atoms with E-state index in [-0.39, 0.29) is 17.8 Å². The third-order valence-corrected chi connectivity index (χ3v) is 6.42. The van der Waals surface area contributed by atoms with Crippen molar-refractivity contribution in [1.82, 2.24) is 9.91 Å². The summed E-state index contributed by atoms with van der Waals surface area (Å²) < 4.78 is 24.5. The number of carbonyl (C=O) groups excluding carboxylic acids is 1. The molecule has 7 heteroatoms. The molecule has 2 aromatic rings.